The van der Waals surface area contributed by atoms with Crippen molar-refractivity contribution in [3.05, 3.63) is 41.5 Å². The van der Waals surface area contributed by atoms with Crippen molar-refractivity contribution in [2.45, 2.75) is 29.6 Å². The van der Waals surface area contributed by atoms with Gasteiger partial charge in [0.2, 0.25) is 10.0 Å². The summed E-state index contributed by atoms with van der Waals surface area (Å²) in [6.45, 7) is 0.631. The van der Waals surface area contributed by atoms with Gasteiger partial charge in [-0.3, -0.25) is 5.10 Å². The largest absolute Gasteiger partial charge is 0.384 e. The number of ether oxygens (including phenoxy) is 1. The van der Waals surface area contributed by atoms with E-state index in [0.29, 0.717) is 24.4 Å². The molecular weight excluding hydrogens is 378 g/mol. The molecule has 146 valence electrons. The Morgan fingerprint density at radius 2 is 2.07 bits per heavy atom. The molecule has 2 aromatic rings. The van der Waals surface area contributed by atoms with Gasteiger partial charge in [-0.05, 0) is 25.0 Å². The zero-order valence-electron chi connectivity index (χ0n) is 14.7. The van der Waals surface area contributed by atoms with Gasteiger partial charge in [0.1, 0.15) is 22.4 Å². The van der Waals surface area contributed by atoms with Crippen LogP contribution in [0.5, 0.6) is 0 Å². The van der Waals surface area contributed by atoms with Gasteiger partial charge >= 0.3 is 0 Å². The van der Waals surface area contributed by atoms with Crippen LogP contribution in [0.4, 0.5) is 8.78 Å². The van der Waals surface area contributed by atoms with E-state index in [9.17, 15) is 17.2 Å². The van der Waals surface area contributed by atoms with Crippen molar-refractivity contribution in [1.82, 2.24) is 19.5 Å². The highest BCUT2D eigenvalue weighted by Gasteiger charge is 2.43. The number of nitrogens with zero attached hydrogens (tertiary/aromatic N) is 3. The summed E-state index contributed by atoms with van der Waals surface area (Å²) >= 11 is 0. The Labute approximate surface area is 155 Å². The lowest BCUT2D eigenvalue weighted by atomic mass is 9.96. The molecule has 2 heterocycles. The van der Waals surface area contributed by atoms with E-state index in [-0.39, 0.29) is 24.9 Å². The summed E-state index contributed by atoms with van der Waals surface area (Å²) in [6.07, 6.45) is 2.13. The molecule has 2 atom stereocenters. The average Bonchev–Trinajstić information content (AvgIpc) is 3.18. The predicted octanol–water partition coefficient (Wildman–Crippen LogP) is 2.01. The molecule has 0 unspecified atom stereocenters. The summed E-state index contributed by atoms with van der Waals surface area (Å²) in [5.74, 6) is -0.542. The van der Waals surface area contributed by atoms with Crippen molar-refractivity contribution in [3.8, 4) is 0 Å². The Bertz CT molecular complexity index is 945. The van der Waals surface area contributed by atoms with Crippen LogP contribution in [0.25, 0.3) is 0 Å². The number of hydrogen-bond acceptors (Lipinski definition) is 5. The summed E-state index contributed by atoms with van der Waals surface area (Å²) in [5, 5.41) is 7.17. The maximum Gasteiger partial charge on any atom is 0.246 e. The molecule has 7 nitrogen and oxygen atoms in total. The zero-order valence-corrected chi connectivity index (χ0v) is 15.5. The number of benzene rings is 1. The molecule has 2 fully saturated rings. The normalized spacial score (nSPS) is 23.8. The highest BCUT2D eigenvalue weighted by Crippen LogP contribution is 2.40. The molecular formula is C17H20F2N4O3S. The minimum absolute atomic E-state index is 0.131. The highest BCUT2D eigenvalue weighted by molar-refractivity contribution is 7.89. The summed E-state index contributed by atoms with van der Waals surface area (Å²) in [7, 11) is -2.56. The first-order valence-electron chi connectivity index (χ1n) is 8.76. The van der Waals surface area contributed by atoms with Crippen molar-refractivity contribution < 1.29 is 21.9 Å². The number of sulfonamides is 1. The van der Waals surface area contributed by atoms with Crippen molar-refractivity contribution in [2.75, 3.05) is 26.8 Å². The van der Waals surface area contributed by atoms with Gasteiger partial charge in [0, 0.05) is 44.0 Å². The van der Waals surface area contributed by atoms with E-state index in [1.165, 1.54) is 4.31 Å². The van der Waals surface area contributed by atoms with Gasteiger partial charge in [0.25, 0.3) is 0 Å². The van der Waals surface area contributed by atoms with Crippen LogP contribution in [0.15, 0.2) is 23.1 Å². The highest BCUT2D eigenvalue weighted by atomic mass is 32.2. The zero-order chi connectivity index (χ0) is 19.2. The molecule has 4 rings (SSSR count). The van der Waals surface area contributed by atoms with Crippen LogP contribution >= 0.6 is 0 Å². The molecule has 0 bridgehead atoms. The van der Waals surface area contributed by atoms with Crippen molar-refractivity contribution >= 4 is 10.0 Å². The fourth-order valence-corrected chi connectivity index (χ4v) is 5.09. The Morgan fingerprint density at radius 3 is 2.74 bits per heavy atom. The Morgan fingerprint density at radius 1 is 1.30 bits per heavy atom. The number of halogens is 2. The van der Waals surface area contributed by atoms with Crippen LogP contribution in [0.1, 0.15) is 36.3 Å². The van der Waals surface area contributed by atoms with E-state index in [2.05, 4.69) is 15.2 Å². The summed E-state index contributed by atoms with van der Waals surface area (Å²) in [6, 6.07) is 2.47. The lowest BCUT2D eigenvalue weighted by Gasteiger charge is -2.16. The average molecular weight is 398 g/mol. The van der Waals surface area contributed by atoms with Gasteiger partial charge in [0.05, 0.1) is 6.61 Å². The first kappa shape index (κ1) is 18.5. The molecule has 1 saturated heterocycles. The summed E-state index contributed by atoms with van der Waals surface area (Å²) in [4.78, 5) is 4.01. The second-order valence-corrected chi connectivity index (χ2v) is 8.98. The number of hydrogen-bond donors (Lipinski definition) is 1. The maximum absolute atomic E-state index is 14.1. The SMILES string of the molecule is COC[C@@H]1CN(S(=O)(=O)c2ccc(F)cc2F)C[C@H]1c1nc(C2CC2)n[nH]1. The quantitative estimate of drug-likeness (QED) is 0.804. The minimum Gasteiger partial charge on any atom is -0.384 e. The van der Waals surface area contributed by atoms with Gasteiger partial charge in [-0.15, -0.1) is 0 Å². The number of nitrogens with one attached hydrogen (secondary N) is 1. The van der Waals surface area contributed by atoms with Crippen molar-refractivity contribution in [3.63, 3.8) is 0 Å². The molecule has 1 N–H and O–H groups in total. The Balaban J connectivity index is 1.61. The molecule has 1 aliphatic heterocycles. The number of aromatic amines is 1. The molecule has 2 aliphatic rings. The van der Waals surface area contributed by atoms with E-state index in [4.69, 9.17) is 4.74 Å². The van der Waals surface area contributed by atoms with Gasteiger partial charge in [0.15, 0.2) is 5.82 Å². The Hall–Kier alpha value is -1.91. The fourth-order valence-electron chi connectivity index (χ4n) is 3.52. The molecule has 10 heteroatoms. The predicted molar refractivity (Wildman–Crippen MR) is 91.6 cm³/mol. The molecule has 1 aromatic carbocycles. The number of aromatic nitrogens is 3. The van der Waals surface area contributed by atoms with Gasteiger partial charge in [-0.25, -0.2) is 22.2 Å². The molecule has 1 saturated carbocycles. The third-order valence-electron chi connectivity index (χ3n) is 5.11. The Kier molecular flexibility index (Phi) is 4.73. The van der Waals surface area contributed by atoms with E-state index in [1.54, 1.807) is 7.11 Å². The number of rotatable bonds is 6. The molecule has 0 radical (unpaired) electrons. The molecule has 0 spiro atoms. The monoisotopic (exact) mass is 398 g/mol. The third kappa shape index (κ3) is 3.48. The first-order valence-corrected chi connectivity index (χ1v) is 10.2. The van der Waals surface area contributed by atoms with Crippen molar-refractivity contribution in [1.29, 1.82) is 0 Å². The second-order valence-electron chi connectivity index (χ2n) is 7.07. The molecule has 27 heavy (non-hydrogen) atoms. The van der Waals surface area contributed by atoms with E-state index in [0.717, 1.165) is 30.8 Å². The fraction of sp³-hybridized carbons (Fsp3) is 0.529. The van der Waals surface area contributed by atoms with Crippen LogP contribution in [-0.4, -0.2) is 54.7 Å². The van der Waals surface area contributed by atoms with Crippen LogP contribution < -0.4 is 0 Å². The number of methoxy groups -OCH3 is 1. The minimum atomic E-state index is -4.10. The topological polar surface area (TPSA) is 88.2 Å². The number of H-pyrrole nitrogens is 1. The summed E-state index contributed by atoms with van der Waals surface area (Å²) < 4.78 is 59.4. The first-order chi connectivity index (χ1) is 12.9. The smallest absolute Gasteiger partial charge is 0.246 e. The van der Waals surface area contributed by atoms with Gasteiger partial charge < -0.3 is 4.74 Å². The molecule has 1 aromatic heterocycles. The van der Waals surface area contributed by atoms with Crippen molar-refractivity contribution in [2.24, 2.45) is 5.92 Å². The van der Waals surface area contributed by atoms with Crippen LogP contribution in [0.2, 0.25) is 0 Å². The summed E-state index contributed by atoms with van der Waals surface area (Å²) in [5.41, 5.74) is 0. The second kappa shape index (κ2) is 6.92. The third-order valence-corrected chi connectivity index (χ3v) is 6.98. The van der Waals surface area contributed by atoms with Gasteiger partial charge in [-0.1, -0.05) is 0 Å². The van der Waals surface area contributed by atoms with Gasteiger partial charge in [-0.2, -0.15) is 9.40 Å². The van der Waals surface area contributed by atoms with Crippen LogP contribution in [0.3, 0.4) is 0 Å². The lowest BCUT2D eigenvalue weighted by molar-refractivity contribution is 0.150. The van der Waals surface area contributed by atoms with Crippen LogP contribution in [-0.2, 0) is 14.8 Å². The molecule has 0 amide bonds. The standard InChI is InChI=1S/C17H20F2N4O3S/c1-26-9-11-7-23(27(24,25)15-5-4-12(18)6-14(15)19)8-13(11)17-20-16(21-22-17)10-2-3-10/h4-6,10-11,13H,2-3,7-9H2,1H3,(H,20,21,22)/t11-,13+/m0/s1. The van der Waals surface area contributed by atoms with Crippen LogP contribution in [0, 0.1) is 17.6 Å². The van der Waals surface area contributed by atoms with E-state index in [1.807, 2.05) is 0 Å². The van der Waals surface area contributed by atoms with E-state index < -0.39 is 26.6 Å². The maximum atomic E-state index is 14.1. The lowest BCUT2D eigenvalue weighted by Crippen LogP contribution is -2.30. The van der Waals surface area contributed by atoms with E-state index >= 15 is 0 Å². The molecule has 1 aliphatic carbocycles.